The molecule has 1 aromatic heterocycles. The molecule has 2 heterocycles. The Morgan fingerprint density at radius 1 is 0.967 bits per heavy atom. The highest BCUT2D eigenvalue weighted by Gasteiger charge is 2.40. The molecule has 30 heavy (non-hydrogen) atoms. The van der Waals surface area contributed by atoms with E-state index in [0.717, 1.165) is 16.6 Å². The Hall–Kier alpha value is -3.64. The standard InChI is InChI=1S/C23H17ClN4O2/c24-16-11-5-4-10-15(16)20-19(26-21(29)14-8-2-1-3-9-14)22(30)27-23-25-17-12-6-7-13-18(17)28(20)23/h1-13,19-20H,(H,26,29)(H,25,27,30). The molecule has 5 rings (SSSR count). The van der Waals surface area contributed by atoms with Crippen molar-refractivity contribution in [3.63, 3.8) is 0 Å². The van der Waals surface area contributed by atoms with Crippen molar-refractivity contribution >= 4 is 40.4 Å². The maximum Gasteiger partial charge on any atom is 0.251 e. The predicted molar refractivity (Wildman–Crippen MR) is 116 cm³/mol. The summed E-state index contributed by atoms with van der Waals surface area (Å²) in [6.45, 7) is 0. The van der Waals surface area contributed by atoms with Crippen molar-refractivity contribution < 1.29 is 9.59 Å². The fourth-order valence-corrected chi connectivity index (χ4v) is 4.13. The molecule has 0 spiro atoms. The molecule has 6 nitrogen and oxygen atoms in total. The van der Waals surface area contributed by atoms with Crippen molar-refractivity contribution in [2.75, 3.05) is 5.32 Å². The molecule has 148 valence electrons. The van der Waals surface area contributed by atoms with Crippen LogP contribution in [-0.2, 0) is 4.79 Å². The molecule has 4 aromatic rings. The number of halogens is 1. The van der Waals surface area contributed by atoms with E-state index in [1.165, 1.54) is 0 Å². The van der Waals surface area contributed by atoms with E-state index in [4.69, 9.17) is 11.6 Å². The zero-order chi connectivity index (χ0) is 20.7. The van der Waals surface area contributed by atoms with E-state index >= 15 is 0 Å². The van der Waals surface area contributed by atoms with Gasteiger partial charge in [-0.3, -0.25) is 19.5 Å². The Bertz CT molecular complexity index is 1270. The van der Waals surface area contributed by atoms with E-state index in [1.807, 2.05) is 53.1 Å². The highest BCUT2D eigenvalue weighted by Crippen LogP contribution is 2.37. The molecule has 0 saturated heterocycles. The first-order valence-electron chi connectivity index (χ1n) is 9.51. The number of carbonyl (C=O) groups is 2. The van der Waals surface area contributed by atoms with Gasteiger partial charge in [-0.05, 0) is 35.9 Å². The van der Waals surface area contributed by atoms with Gasteiger partial charge in [0.15, 0.2) is 0 Å². The Kier molecular flexibility index (Phi) is 4.48. The van der Waals surface area contributed by atoms with Gasteiger partial charge >= 0.3 is 0 Å². The van der Waals surface area contributed by atoms with Crippen LogP contribution in [0.25, 0.3) is 11.0 Å². The van der Waals surface area contributed by atoms with E-state index in [-0.39, 0.29) is 11.8 Å². The van der Waals surface area contributed by atoms with Crippen LogP contribution in [0.2, 0.25) is 5.02 Å². The molecule has 3 aromatic carbocycles. The predicted octanol–water partition coefficient (Wildman–Crippen LogP) is 4.03. The van der Waals surface area contributed by atoms with Crippen LogP contribution in [-0.4, -0.2) is 27.4 Å². The maximum absolute atomic E-state index is 13.1. The molecular weight excluding hydrogens is 400 g/mol. The monoisotopic (exact) mass is 416 g/mol. The number of aromatic nitrogens is 2. The first-order valence-corrected chi connectivity index (χ1v) is 9.89. The lowest BCUT2D eigenvalue weighted by Gasteiger charge is -2.34. The summed E-state index contributed by atoms with van der Waals surface area (Å²) in [7, 11) is 0. The molecule has 1 aliphatic heterocycles. The quantitative estimate of drug-likeness (QED) is 0.529. The van der Waals surface area contributed by atoms with Gasteiger partial charge in [-0.15, -0.1) is 0 Å². The highest BCUT2D eigenvalue weighted by atomic mass is 35.5. The fraction of sp³-hybridized carbons (Fsp3) is 0.0870. The zero-order valence-corrected chi connectivity index (χ0v) is 16.5. The zero-order valence-electron chi connectivity index (χ0n) is 15.7. The van der Waals surface area contributed by atoms with Gasteiger partial charge in [-0.25, -0.2) is 4.98 Å². The molecule has 2 unspecified atom stereocenters. The number of nitrogens with one attached hydrogen (secondary N) is 2. The molecule has 7 heteroatoms. The summed E-state index contributed by atoms with van der Waals surface area (Å²) >= 11 is 6.53. The van der Waals surface area contributed by atoms with Crippen LogP contribution < -0.4 is 10.6 Å². The van der Waals surface area contributed by atoms with Gasteiger partial charge in [0, 0.05) is 10.6 Å². The van der Waals surface area contributed by atoms with Gasteiger partial charge in [0.1, 0.15) is 6.04 Å². The third kappa shape index (κ3) is 3.02. The van der Waals surface area contributed by atoms with Crippen LogP contribution in [0.3, 0.4) is 0 Å². The Morgan fingerprint density at radius 2 is 1.67 bits per heavy atom. The van der Waals surface area contributed by atoms with E-state index in [0.29, 0.717) is 16.5 Å². The summed E-state index contributed by atoms with van der Waals surface area (Å²) in [4.78, 5) is 30.5. The lowest BCUT2D eigenvalue weighted by atomic mass is 9.96. The van der Waals surface area contributed by atoms with Gasteiger partial charge in [0.2, 0.25) is 5.95 Å². The van der Waals surface area contributed by atoms with Crippen LogP contribution in [0.4, 0.5) is 5.95 Å². The first kappa shape index (κ1) is 18.4. The van der Waals surface area contributed by atoms with Crippen molar-refractivity contribution in [1.29, 1.82) is 0 Å². The number of hydrogen-bond acceptors (Lipinski definition) is 3. The Balaban J connectivity index is 1.67. The van der Waals surface area contributed by atoms with Crippen molar-refractivity contribution in [1.82, 2.24) is 14.9 Å². The summed E-state index contributed by atoms with van der Waals surface area (Å²) in [6.07, 6.45) is 0. The molecule has 0 aliphatic carbocycles. The third-order valence-electron chi connectivity index (χ3n) is 5.25. The lowest BCUT2D eigenvalue weighted by molar-refractivity contribution is -0.119. The van der Waals surface area contributed by atoms with E-state index in [2.05, 4.69) is 15.6 Å². The van der Waals surface area contributed by atoms with Gasteiger partial charge in [0.25, 0.3) is 11.8 Å². The van der Waals surface area contributed by atoms with Gasteiger partial charge in [-0.2, -0.15) is 0 Å². The second-order valence-corrected chi connectivity index (χ2v) is 7.47. The molecule has 0 radical (unpaired) electrons. The van der Waals surface area contributed by atoms with Crippen LogP contribution >= 0.6 is 11.6 Å². The molecule has 0 fully saturated rings. The van der Waals surface area contributed by atoms with Crippen LogP contribution in [0, 0.1) is 0 Å². The average molecular weight is 417 g/mol. The minimum Gasteiger partial charge on any atom is -0.338 e. The Labute approximate surface area is 177 Å². The van der Waals surface area contributed by atoms with Crippen molar-refractivity contribution in [2.45, 2.75) is 12.1 Å². The third-order valence-corrected chi connectivity index (χ3v) is 5.60. The van der Waals surface area contributed by atoms with Crippen molar-refractivity contribution in [2.24, 2.45) is 0 Å². The number of hydrogen-bond donors (Lipinski definition) is 2. The summed E-state index contributed by atoms with van der Waals surface area (Å²) in [6, 6.07) is 22.3. The van der Waals surface area contributed by atoms with Gasteiger partial charge in [-0.1, -0.05) is 60.1 Å². The van der Waals surface area contributed by atoms with Gasteiger partial charge < -0.3 is 5.32 Å². The largest absolute Gasteiger partial charge is 0.338 e. The molecule has 2 atom stereocenters. The minimum atomic E-state index is -0.872. The topological polar surface area (TPSA) is 76.0 Å². The summed E-state index contributed by atoms with van der Waals surface area (Å²) in [5.74, 6) is -0.246. The Morgan fingerprint density at radius 3 is 2.47 bits per heavy atom. The number of nitrogens with zero attached hydrogens (tertiary/aromatic N) is 2. The fourth-order valence-electron chi connectivity index (χ4n) is 3.89. The number of carbonyl (C=O) groups excluding carboxylic acids is 2. The lowest BCUT2D eigenvalue weighted by Crippen LogP contribution is -2.52. The second kappa shape index (κ2) is 7.31. The molecule has 1 aliphatic rings. The van der Waals surface area contributed by atoms with E-state index < -0.39 is 12.1 Å². The maximum atomic E-state index is 13.1. The molecular formula is C23H17ClN4O2. The summed E-state index contributed by atoms with van der Waals surface area (Å²) < 4.78 is 1.92. The normalized spacial score (nSPS) is 18.0. The molecule has 2 N–H and O–H groups in total. The summed E-state index contributed by atoms with van der Waals surface area (Å²) in [5, 5.41) is 6.24. The van der Waals surface area contributed by atoms with Crippen LogP contribution in [0.5, 0.6) is 0 Å². The number of fused-ring (bicyclic) bond motifs is 3. The van der Waals surface area contributed by atoms with Crippen LogP contribution in [0.1, 0.15) is 22.0 Å². The number of amides is 2. The number of imidazole rings is 1. The van der Waals surface area contributed by atoms with Gasteiger partial charge in [0.05, 0.1) is 17.1 Å². The number of benzene rings is 3. The van der Waals surface area contributed by atoms with E-state index in [9.17, 15) is 9.59 Å². The molecule has 2 amide bonds. The number of para-hydroxylation sites is 2. The second-order valence-electron chi connectivity index (χ2n) is 7.07. The SMILES string of the molecule is O=C(NC1C(=O)Nc2nc3ccccc3n2C1c1ccccc1Cl)c1ccccc1. The smallest absolute Gasteiger partial charge is 0.251 e. The molecule has 0 saturated carbocycles. The van der Waals surface area contributed by atoms with Crippen molar-refractivity contribution in [3.05, 3.63) is 95.0 Å². The first-order chi connectivity index (χ1) is 14.6. The number of rotatable bonds is 3. The van der Waals surface area contributed by atoms with E-state index in [1.54, 1.807) is 30.3 Å². The van der Waals surface area contributed by atoms with Crippen LogP contribution in [0.15, 0.2) is 78.9 Å². The van der Waals surface area contributed by atoms with Crippen molar-refractivity contribution in [3.8, 4) is 0 Å². The highest BCUT2D eigenvalue weighted by molar-refractivity contribution is 6.31. The molecule has 0 bridgehead atoms. The number of anilines is 1. The summed E-state index contributed by atoms with van der Waals surface area (Å²) in [5.41, 5.74) is 2.80. The minimum absolute atomic E-state index is 0.333. The average Bonchev–Trinajstić information content (AvgIpc) is 3.13.